The molecule has 23 heavy (non-hydrogen) atoms. The number of nitrogens with zero attached hydrogens (tertiary/aromatic N) is 2. The molecule has 2 atom stereocenters. The van der Waals surface area contributed by atoms with Crippen LogP contribution in [0.15, 0.2) is 12.1 Å². The zero-order chi connectivity index (χ0) is 16.6. The van der Waals surface area contributed by atoms with Gasteiger partial charge in [-0.25, -0.2) is 0 Å². The van der Waals surface area contributed by atoms with Gasteiger partial charge in [-0.05, 0) is 38.8 Å². The molecule has 0 saturated carbocycles. The second-order valence-corrected chi connectivity index (χ2v) is 8.28. The molecule has 5 heteroatoms. The first-order valence-electron chi connectivity index (χ1n) is 8.16. The van der Waals surface area contributed by atoms with Gasteiger partial charge >= 0.3 is 0 Å². The molecule has 0 aliphatic carbocycles. The fourth-order valence-corrected chi connectivity index (χ4v) is 4.26. The third-order valence-corrected chi connectivity index (χ3v) is 5.57. The Morgan fingerprint density at radius 3 is 2.83 bits per heavy atom. The van der Waals surface area contributed by atoms with Crippen LogP contribution in [0.5, 0.6) is 0 Å². The van der Waals surface area contributed by atoms with Crippen molar-refractivity contribution in [1.29, 1.82) is 0 Å². The maximum absolute atomic E-state index is 12.0. The highest BCUT2D eigenvalue weighted by Gasteiger charge is 2.39. The molecule has 1 aromatic heterocycles. The number of hydrogen-bond acceptors (Lipinski definition) is 4. The van der Waals surface area contributed by atoms with Gasteiger partial charge in [0.25, 0.3) is 0 Å². The van der Waals surface area contributed by atoms with Crippen LogP contribution in [0, 0.1) is 11.8 Å². The number of aliphatic hydroxyl groups is 1. The summed E-state index contributed by atoms with van der Waals surface area (Å²) in [6.45, 7) is 5.12. The summed E-state index contributed by atoms with van der Waals surface area (Å²) in [5.41, 5.74) is -0.959. The Hall–Kier alpha value is -1.35. The topological polar surface area (TPSA) is 43.8 Å². The Morgan fingerprint density at radius 1 is 1.35 bits per heavy atom. The van der Waals surface area contributed by atoms with E-state index in [-0.39, 0.29) is 5.91 Å². The van der Waals surface area contributed by atoms with E-state index < -0.39 is 5.60 Å². The van der Waals surface area contributed by atoms with Gasteiger partial charge in [0.1, 0.15) is 5.60 Å². The van der Waals surface area contributed by atoms with Crippen molar-refractivity contribution in [1.82, 2.24) is 9.80 Å². The summed E-state index contributed by atoms with van der Waals surface area (Å²) in [5, 5.41) is 9.69. The van der Waals surface area contributed by atoms with E-state index in [0.29, 0.717) is 18.5 Å². The van der Waals surface area contributed by atoms with Gasteiger partial charge in [-0.1, -0.05) is 11.8 Å². The van der Waals surface area contributed by atoms with Gasteiger partial charge in [-0.3, -0.25) is 9.69 Å². The largest absolute Gasteiger partial charge is 0.378 e. The minimum Gasteiger partial charge on any atom is -0.378 e. The normalized spacial score (nSPS) is 25.2. The summed E-state index contributed by atoms with van der Waals surface area (Å²) >= 11 is 1.68. The van der Waals surface area contributed by atoms with E-state index >= 15 is 0 Å². The average molecular weight is 332 g/mol. The quantitative estimate of drug-likeness (QED) is 0.843. The fourth-order valence-electron chi connectivity index (χ4n) is 3.39. The summed E-state index contributed by atoms with van der Waals surface area (Å²) < 4.78 is 0. The number of carbonyl (C=O) groups is 1. The van der Waals surface area contributed by atoms with Gasteiger partial charge in [0.05, 0.1) is 4.88 Å². The van der Waals surface area contributed by atoms with Gasteiger partial charge in [0, 0.05) is 43.5 Å². The first-order valence-corrected chi connectivity index (χ1v) is 8.97. The van der Waals surface area contributed by atoms with Gasteiger partial charge in [-0.15, -0.1) is 11.3 Å². The lowest BCUT2D eigenvalue weighted by atomic mass is 10.1. The number of likely N-dealkylation sites (N-methyl/N-ethyl adjacent to an activating group) is 1. The molecule has 1 amide bonds. The van der Waals surface area contributed by atoms with Crippen molar-refractivity contribution in [3.63, 3.8) is 0 Å². The molecular weight excluding hydrogens is 308 g/mol. The van der Waals surface area contributed by atoms with Crippen LogP contribution in [0.2, 0.25) is 0 Å². The van der Waals surface area contributed by atoms with E-state index in [2.05, 4.69) is 22.8 Å². The molecule has 2 aliphatic rings. The Balaban J connectivity index is 1.71. The first-order chi connectivity index (χ1) is 10.8. The molecule has 1 N–H and O–H groups in total. The molecule has 1 aromatic rings. The number of thiophene rings is 1. The minimum absolute atomic E-state index is 0.269. The van der Waals surface area contributed by atoms with Gasteiger partial charge in [0.2, 0.25) is 5.91 Å². The molecule has 0 aromatic carbocycles. The van der Waals surface area contributed by atoms with Crippen LogP contribution in [-0.2, 0) is 11.3 Å². The van der Waals surface area contributed by atoms with Crippen LogP contribution >= 0.6 is 11.3 Å². The number of likely N-dealkylation sites (tertiary alicyclic amines) is 1. The second kappa shape index (κ2) is 6.27. The highest BCUT2D eigenvalue weighted by molar-refractivity contribution is 7.12. The van der Waals surface area contributed by atoms with E-state index in [0.717, 1.165) is 24.4 Å². The number of carbonyl (C=O) groups excluding carboxylic acids is 1. The molecular formula is C18H24N2O2S. The van der Waals surface area contributed by atoms with Crippen LogP contribution in [-0.4, -0.2) is 52.1 Å². The predicted octanol–water partition coefficient (Wildman–Crippen LogP) is 2.07. The zero-order valence-electron chi connectivity index (χ0n) is 14.0. The standard InChI is InChI=1S/C18H24N2O2S/c1-18(2,22)9-8-15-6-7-16(23-15)12-20-13-4-5-14(20)11-19(3)17(21)10-13/h6-7,13-14,22H,4-5,10-12H2,1-3H3/t13-,14+/m1/s1. The van der Waals surface area contributed by atoms with Crippen molar-refractivity contribution in [2.45, 2.75) is 57.3 Å². The second-order valence-electron chi connectivity index (χ2n) is 7.11. The summed E-state index contributed by atoms with van der Waals surface area (Å²) in [6.07, 6.45) is 2.95. The van der Waals surface area contributed by atoms with Crippen molar-refractivity contribution in [3.8, 4) is 11.8 Å². The molecule has 0 unspecified atom stereocenters. The maximum atomic E-state index is 12.0. The van der Waals surface area contributed by atoms with E-state index in [9.17, 15) is 9.90 Å². The Labute approximate surface area is 142 Å². The van der Waals surface area contributed by atoms with Crippen molar-refractivity contribution < 1.29 is 9.90 Å². The van der Waals surface area contributed by atoms with E-state index in [4.69, 9.17) is 0 Å². The SMILES string of the molecule is CN1C[C@@H]2CC[C@H](CC1=O)N2Cc1ccc(C#CC(C)(C)O)s1. The van der Waals surface area contributed by atoms with Crippen LogP contribution in [0.4, 0.5) is 0 Å². The predicted molar refractivity (Wildman–Crippen MR) is 92.1 cm³/mol. The molecule has 124 valence electrons. The first kappa shape index (κ1) is 16.5. The Morgan fingerprint density at radius 2 is 2.09 bits per heavy atom. The number of hydrogen-bond donors (Lipinski definition) is 1. The lowest BCUT2D eigenvalue weighted by molar-refractivity contribution is -0.130. The molecule has 2 bridgehead atoms. The maximum Gasteiger partial charge on any atom is 0.223 e. The van der Waals surface area contributed by atoms with Crippen molar-refractivity contribution in [2.24, 2.45) is 0 Å². The van der Waals surface area contributed by atoms with Crippen LogP contribution < -0.4 is 0 Å². The monoisotopic (exact) mass is 332 g/mol. The number of rotatable bonds is 2. The van der Waals surface area contributed by atoms with E-state index in [1.165, 1.54) is 11.3 Å². The van der Waals surface area contributed by atoms with E-state index in [1.807, 2.05) is 18.0 Å². The van der Waals surface area contributed by atoms with Gasteiger partial charge in [-0.2, -0.15) is 0 Å². The minimum atomic E-state index is -0.959. The molecule has 0 radical (unpaired) electrons. The van der Waals surface area contributed by atoms with Crippen LogP contribution in [0.3, 0.4) is 0 Å². The summed E-state index contributed by atoms with van der Waals surface area (Å²) in [7, 11) is 1.91. The van der Waals surface area contributed by atoms with Crippen molar-refractivity contribution in [2.75, 3.05) is 13.6 Å². The molecule has 2 fully saturated rings. The Bertz CT molecular complexity index is 650. The van der Waals surface area contributed by atoms with Crippen LogP contribution in [0.1, 0.15) is 42.9 Å². The van der Waals surface area contributed by atoms with Crippen molar-refractivity contribution >= 4 is 17.2 Å². The molecule has 3 heterocycles. The third-order valence-electron chi connectivity index (χ3n) is 4.58. The molecule has 2 saturated heterocycles. The Kier molecular flexibility index (Phi) is 4.50. The zero-order valence-corrected chi connectivity index (χ0v) is 14.8. The van der Waals surface area contributed by atoms with Gasteiger partial charge < -0.3 is 10.0 Å². The number of fused-ring (bicyclic) bond motifs is 2. The fraction of sp³-hybridized carbons (Fsp3) is 0.611. The number of amides is 1. The highest BCUT2D eigenvalue weighted by Crippen LogP contribution is 2.33. The van der Waals surface area contributed by atoms with Crippen molar-refractivity contribution in [3.05, 3.63) is 21.9 Å². The van der Waals surface area contributed by atoms with Crippen LogP contribution in [0.25, 0.3) is 0 Å². The molecule has 2 aliphatic heterocycles. The summed E-state index contributed by atoms with van der Waals surface area (Å²) in [4.78, 5) is 18.7. The molecule has 0 spiro atoms. The summed E-state index contributed by atoms with van der Waals surface area (Å²) in [6, 6.07) is 5.00. The smallest absolute Gasteiger partial charge is 0.223 e. The highest BCUT2D eigenvalue weighted by atomic mass is 32.1. The third kappa shape index (κ3) is 3.95. The summed E-state index contributed by atoms with van der Waals surface area (Å²) in [5.74, 6) is 6.17. The lowest BCUT2D eigenvalue weighted by Crippen LogP contribution is -2.37. The van der Waals surface area contributed by atoms with E-state index in [1.54, 1.807) is 25.2 Å². The lowest BCUT2D eigenvalue weighted by Gasteiger charge is -2.27. The molecule has 4 nitrogen and oxygen atoms in total. The average Bonchev–Trinajstić information content (AvgIpc) is 3.02. The molecule has 3 rings (SSSR count). The van der Waals surface area contributed by atoms with Gasteiger partial charge in [0.15, 0.2) is 0 Å².